The molecule has 0 unspecified atom stereocenters. The molecule has 3 aromatic carbocycles. The molecule has 1 saturated carbocycles. The zero-order valence-corrected chi connectivity index (χ0v) is 27.9. The molecule has 0 aliphatic heterocycles. The van der Waals surface area contributed by atoms with Crippen LogP contribution < -0.4 is 27.4 Å². The van der Waals surface area contributed by atoms with E-state index in [-0.39, 0.29) is 43.5 Å². The largest absolute Gasteiger partial charge is 0.491 e. The van der Waals surface area contributed by atoms with Gasteiger partial charge in [0.1, 0.15) is 17.9 Å². The highest BCUT2D eigenvalue weighted by molar-refractivity contribution is 5.96. The molecule has 3 aromatic rings. The summed E-state index contributed by atoms with van der Waals surface area (Å²) in [4.78, 5) is 52.6. The second-order valence-electron chi connectivity index (χ2n) is 12.6. The Kier molecular flexibility index (Phi) is 13.1. The molecule has 15 heteroatoms. The minimum Gasteiger partial charge on any atom is -0.385 e. The first-order valence-corrected chi connectivity index (χ1v) is 16.7. The molecule has 3 atom stereocenters. The van der Waals surface area contributed by atoms with Gasteiger partial charge in [-0.15, -0.1) is 0 Å². The van der Waals surface area contributed by atoms with E-state index in [4.69, 9.17) is 22.3 Å². The van der Waals surface area contributed by atoms with Gasteiger partial charge in [-0.2, -0.15) is 13.2 Å². The summed E-state index contributed by atoms with van der Waals surface area (Å²) in [6, 6.07) is 17.3. The van der Waals surface area contributed by atoms with E-state index in [9.17, 15) is 32.3 Å². The fraction of sp³-hybridized carbons (Fsp3) is 0.389. The summed E-state index contributed by atoms with van der Waals surface area (Å²) >= 11 is 0. The number of fused-ring (bicyclic) bond motifs is 1. The molecule has 1 aliphatic rings. The van der Waals surface area contributed by atoms with Crippen molar-refractivity contribution in [1.29, 1.82) is 10.8 Å². The normalized spacial score (nSPS) is 15.2. The summed E-state index contributed by atoms with van der Waals surface area (Å²) in [5.74, 6) is -7.23. The van der Waals surface area contributed by atoms with Gasteiger partial charge in [0.25, 0.3) is 0 Å². The quantitative estimate of drug-likeness (QED) is 0.0428. The molecule has 12 nitrogen and oxygen atoms in total. The highest BCUT2D eigenvalue weighted by Crippen LogP contribution is 2.30. The maximum absolute atomic E-state index is 14.3. The molecule has 51 heavy (non-hydrogen) atoms. The predicted octanol–water partition coefficient (Wildman–Crippen LogP) is 3.90. The van der Waals surface area contributed by atoms with E-state index in [1.165, 1.54) is 0 Å². The van der Waals surface area contributed by atoms with E-state index < -0.39 is 47.9 Å². The number of guanidine groups is 1. The van der Waals surface area contributed by atoms with Crippen LogP contribution in [0.25, 0.3) is 10.8 Å². The SMILES string of the molecule is N=C(N)NCCC[C@H](NC(=O)[C@@H](NC(=O)[C@@H](Cc1ccc(C(=N)N)cc1)c1ccc2ccccc2c1)C1CCCCC1)C(=O)OC(=O)C(F)(F)F. The predicted molar refractivity (Wildman–Crippen MR) is 185 cm³/mol. The number of nitrogens with two attached hydrogens (primary N) is 2. The Hall–Kier alpha value is -5.47. The summed E-state index contributed by atoms with van der Waals surface area (Å²) in [5, 5.41) is 24.7. The number of carbonyl (C=O) groups is 4. The Balaban J connectivity index is 1.63. The van der Waals surface area contributed by atoms with Gasteiger partial charge < -0.3 is 32.2 Å². The molecular weight excluding hydrogens is 667 g/mol. The number of carbonyl (C=O) groups excluding carboxylic acids is 4. The number of hydrogen-bond donors (Lipinski definition) is 7. The molecule has 0 aromatic heterocycles. The molecule has 2 amide bonds. The van der Waals surface area contributed by atoms with Crippen molar-refractivity contribution in [2.24, 2.45) is 17.4 Å². The van der Waals surface area contributed by atoms with E-state index in [1.807, 2.05) is 42.5 Å². The van der Waals surface area contributed by atoms with Crippen molar-refractivity contribution in [3.8, 4) is 0 Å². The summed E-state index contributed by atoms with van der Waals surface area (Å²) in [6.07, 6.45) is -1.77. The Morgan fingerprint density at radius 1 is 0.863 bits per heavy atom. The van der Waals surface area contributed by atoms with Crippen LogP contribution in [0.15, 0.2) is 66.7 Å². The van der Waals surface area contributed by atoms with Crippen LogP contribution >= 0.6 is 0 Å². The average Bonchev–Trinajstić information content (AvgIpc) is 3.10. The first-order valence-electron chi connectivity index (χ1n) is 16.7. The van der Waals surface area contributed by atoms with E-state index in [2.05, 4.69) is 20.7 Å². The lowest BCUT2D eigenvalue weighted by Crippen LogP contribution is -2.56. The Bertz CT molecular complexity index is 1740. The topological polar surface area (TPSA) is 213 Å². The van der Waals surface area contributed by atoms with Crippen molar-refractivity contribution in [2.45, 2.75) is 75.5 Å². The highest BCUT2D eigenvalue weighted by Gasteiger charge is 2.44. The van der Waals surface area contributed by atoms with Crippen molar-refractivity contribution < 1.29 is 37.1 Å². The van der Waals surface area contributed by atoms with Crippen molar-refractivity contribution >= 4 is 46.3 Å². The Morgan fingerprint density at radius 3 is 2.16 bits per heavy atom. The second-order valence-corrected chi connectivity index (χ2v) is 12.6. The number of esters is 2. The molecule has 4 rings (SSSR count). The fourth-order valence-corrected chi connectivity index (χ4v) is 6.22. The van der Waals surface area contributed by atoms with E-state index in [0.717, 1.165) is 35.6 Å². The fourth-order valence-electron chi connectivity index (χ4n) is 6.22. The zero-order chi connectivity index (χ0) is 37.1. The van der Waals surface area contributed by atoms with Crippen LogP contribution in [0.2, 0.25) is 0 Å². The van der Waals surface area contributed by atoms with Crippen molar-refractivity contribution in [3.05, 3.63) is 83.4 Å². The van der Waals surface area contributed by atoms with Crippen LogP contribution in [0.3, 0.4) is 0 Å². The number of rotatable bonds is 14. The summed E-state index contributed by atoms with van der Waals surface area (Å²) in [5.41, 5.74) is 12.9. The molecule has 1 aliphatic carbocycles. The van der Waals surface area contributed by atoms with Crippen molar-refractivity contribution in [1.82, 2.24) is 16.0 Å². The zero-order valence-electron chi connectivity index (χ0n) is 27.9. The number of amides is 2. The lowest BCUT2D eigenvalue weighted by molar-refractivity contribution is -0.202. The smallest absolute Gasteiger partial charge is 0.385 e. The average molecular weight is 710 g/mol. The second kappa shape index (κ2) is 17.5. The van der Waals surface area contributed by atoms with Gasteiger partial charge in [0.15, 0.2) is 5.96 Å². The first-order chi connectivity index (χ1) is 24.2. The number of benzene rings is 3. The number of nitrogens with one attached hydrogen (secondary N) is 5. The van der Waals surface area contributed by atoms with Gasteiger partial charge in [0.05, 0.1) is 5.92 Å². The van der Waals surface area contributed by atoms with Gasteiger partial charge in [-0.25, -0.2) is 9.59 Å². The monoisotopic (exact) mass is 709 g/mol. The molecule has 272 valence electrons. The molecule has 0 spiro atoms. The van der Waals surface area contributed by atoms with Gasteiger partial charge in [0, 0.05) is 12.1 Å². The van der Waals surface area contributed by atoms with Gasteiger partial charge in [-0.05, 0) is 59.9 Å². The molecule has 0 bridgehead atoms. The number of hydrogen-bond acceptors (Lipinski definition) is 7. The summed E-state index contributed by atoms with van der Waals surface area (Å²) in [6.45, 7) is 0.0474. The molecular formula is C36H42F3N7O5. The van der Waals surface area contributed by atoms with Crippen LogP contribution in [0.4, 0.5) is 13.2 Å². The van der Waals surface area contributed by atoms with Gasteiger partial charge in [-0.3, -0.25) is 20.4 Å². The Morgan fingerprint density at radius 2 is 1.53 bits per heavy atom. The third-order valence-electron chi connectivity index (χ3n) is 8.91. The van der Waals surface area contributed by atoms with Crippen LogP contribution in [0.5, 0.6) is 0 Å². The van der Waals surface area contributed by atoms with E-state index >= 15 is 0 Å². The number of halogens is 3. The number of nitrogen functional groups attached to an aromatic ring is 1. The van der Waals surface area contributed by atoms with Crippen molar-refractivity contribution in [2.75, 3.05) is 6.54 Å². The van der Waals surface area contributed by atoms with Gasteiger partial charge >= 0.3 is 18.1 Å². The molecule has 0 saturated heterocycles. The molecule has 9 N–H and O–H groups in total. The number of ether oxygens (including phenoxy) is 1. The van der Waals surface area contributed by atoms with Crippen molar-refractivity contribution in [3.63, 3.8) is 0 Å². The van der Waals surface area contributed by atoms with Crippen LogP contribution in [0, 0.1) is 16.7 Å². The third-order valence-corrected chi connectivity index (χ3v) is 8.91. The molecule has 0 radical (unpaired) electrons. The molecule has 1 fully saturated rings. The lowest BCUT2D eigenvalue weighted by atomic mass is 9.82. The minimum absolute atomic E-state index is 0.0474. The maximum atomic E-state index is 14.3. The van der Waals surface area contributed by atoms with E-state index in [1.54, 1.807) is 24.3 Å². The summed E-state index contributed by atoms with van der Waals surface area (Å²) < 4.78 is 42.9. The Labute approximate surface area is 292 Å². The van der Waals surface area contributed by atoms with Crippen LogP contribution in [0.1, 0.15) is 67.6 Å². The highest BCUT2D eigenvalue weighted by atomic mass is 19.4. The third kappa shape index (κ3) is 11.0. The molecule has 0 heterocycles. The van der Waals surface area contributed by atoms with Crippen LogP contribution in [-0.2, 0) is 30.3 Å². The minimum atomic E-state index is -5.44. The van der Waals surface area contributed by atoms with E-state index in [0.29, 0.717) is 24.0 Å². The van der Waals surface area contributed by atoms with Gasteiger partial charge in [0.2, 0.25) is 11.8 Å². The maximum Gasteiger partial charge on any atom is 0.491 e. The first kappa shape index (κ1) is 38.3. The number of alkyl halides is 3. The van der Waals surface area contributed by atoms with Gasteiger partial charge in [-0.1, -0.05) is 86.0 Å². The lowest BCUT2D eigenvalue weighted by Gasteiger charge is -2.32. The standard InChI is InChI=1S/C36H42F3N7O5/c37-36(38,39)34(50)51-33(49)28(11-6-18-44-35(42)43)45-32(48)29(23-8-2-1-3-9-23)46-31(47)27(19-21-12-14-24(15-13-21)30(40)41)26-17-16-22-7-4-5-10-25(22)20-26/h4-5,7,10,12-17,20,23,27-29H,1-3,6,8-9,11,18-19H2,(H3,40,41)(H,45,48)(H,46,47)(H4,42,43,44)/t27-,28-,29-/m0/s1. The summed E-state index contributed by atoms with van der Waals surface area (Å²) in [7, 11) is 0. The number of amidine groups is 1. The van der Waals surface area contributed by atoms with Crippen LogP contribution in [-0.4, -0.2) is 60.4 Å².